The molecule has 1 N–H and O–H groups in total. The normalized spacial score (nSPS) is 9.69. The molecule has 5 heteroatoms. The van der Waals surface area contributed by atoms with Crippen LogP contribution in [0, 0.1) is 4.91 Å². The lowest BCUT2D eigenvalue weighted by Gasteiger charge is -1.96. The smallest absolute Gasteiger partial charge is 0.320 e. The molecule has 0 spiro atoms. The van der Waals surface area contributed by atoms with Crippen LogP contribution in [0.2, 0.25) is 0 Å². The summed E-state index contributed by atoms with van der Waals surface area (Å²) in [7, 11) is 1.26. The van der Waals surface area contributed by atoms with Gasteiger partial charge in [0.25, 0.3) is 4.92 Å². The molecular formula is C8H10NO3S+. The minimum Gasteiger partial charge on any atom is -0.508 e. The molecule has 4 nitrogen and oxygen atoms in total. The summed E-state index contributed by atoms with van der Waals surface area (Å²) in [5.41, 5.74) is 1.02. The monoisotopic (exact) mass is 200 g/mol. The van der Waals surface area contributed by atoms with E-state index in [9.17, 15) is 10.0 Å². The van der Waals surface area contributed by atoms with E-state index in [-0.39, 0.29) is 11.4 Å². The van der Waals surface area contributed by atoms with E-state index in [0.29, 0.717) is 10.7 Å². The molecule has 0 fully saturated rings. The van der Waals surface area contributed by atoms with Gasteiger partial charge in [-0.1, -0.05) is 0 Å². The Morgan fingerprint density at radius 3 is 2.77 bits per heavy atom. The fraction of sp³-hybridized carbons (Fsp3) is 0.250. The number of rotatable bonds is 3. The lowest BCUT2D eigenvalue weighted by Crippen LogP contribution is -1.98. The molecule has 0 atom stereocenters. The van der Waals surface area contributed by atoms with Crippen LogP contribution < -0.4 is 0 Å². The second kappa shape index (κ2) is 4.13. The van der Waals surface area contributed by atoms with Crippen LogP contribution in [-0.2, 0) is 10.6 Å². The van der Waals surface area contributed by atoms with Crippen molar-refractivity contribution < 1.29 is 14.9 Å². The third-order valence-corrected chi connectivity index (χ3v) is 1.89. The summed E-state index contributed by atoms with van der Waals surface area (Å²) < 4.78 is 0. The molecule has 0 heterocycles. The fourth-order valence-electron chi connectivity index (χ4n) is 0.959. The third kappa shape index (κ3) is 2.35. The number of phenolic OH excluding ortho intramolecular Hbond substituents is 1. The predicted molar refractivity (Wildman–Crippen MR) is 51.1 cm³/mol. The summed E-state index contributed by atoms with van der Waals surface area (Å²) in [4.78, 5) is 15.8. The van der Waals surface area contributed by atoms with Crippen molar-refractivity contribution >= 4 is 18.3 Å². The Hall–Kier alpha value is -1.23. The molecule has 70 valence electrons. The van der Waals surface area contributed by atoms with Gasteiger partial charge in [-0.25, -0.2) is 4.84 Å². The highest BCUT2D eigenvalue weighted by atomic mass is 32.1. The first-order chi connectivity index (χ1) is 6.17. The van der Waals surface area contributed by atoms with Crippen LogP contribution in [0.3, 0.4) is 0 Å². The Kier molecular flexibility index (Phi) is 3.13. The van der Waals surface area contributed by atoms with Gasteiger partial charge in [-0.2, -0.15) is 12.6 Å². The largest absolute Gasteiger partial charge is 0.508 e. The minimum absolute atomic E-state index is 0.0273. The summed E-state index contributed by atoms with van der Waals surface area (Å²) in [6, 6.07) is 4.46. The Bertz CT molecular complexity index is 327. The Balaban J connectivity index is 3.08. The Morgan fingerprint density at radius 1 is 1.54 bits per heavy atom. The summed E-state index contributed by atoms with van der Waals surface area (Å²) in [6.45, 7) is 0. The maximum Gasteiger partial charge on any atom is 0.320 e. The van der Waals surface area contributed by atoms with Gasteiger partial charge in [0.2, 0.25) is 0 Å². The third-order valence-electron chi connectivity index (χ3n) is 1.52. The van der Waals surface area contributed by atoms with Crippen LogP contribution in [0.4, 0.5) is 5.69 Å². The summed E-state index contributed by atoms with van der Waals surface area (Å²) in [5.74, 6) is 0.485. The van der Waals surface area contributed by atoms with Crippen molar-refractivity contribution in [3.8, 4) is 5.75 Å². The molecule has 0 aliphatic carbocycles. The standard InChI is InChI=1S/C8H9NO3S/c1-12-9(11)7-2-6(5-13)3-8(10)4-7/h2-4H,5H2,1H3,(H-,10,13)/p+1. The van der Waals surface area contributed by atoms with Crippen LogP contribution in [0.25, 0.3) is 0 Å². The Morgan fingerprint density at radius 2 is 2.23 bits per heavy atom. The number of benzene rings is 1. The van der Waals surface area contributed by atoms with Crippen LogP contribution in [0.1, 0.15) is 5.56 Å². The second-order valence-electron chi connectivity index (χ2n) is 2.46. The van der Waals surface area contributed by atoms with Crippen molar-refractivity contribution in [2.24, 2.45) is 0 Å². The average molecular weight is 200 g/mol. The number of thiol groups is 1. The van der Waals surface area contributed by atoms with Crippen molar-refractivity contribution in [2.75, 3.05) is 7.11 Å². The van der Waals surface area contributed by atoms with Crippen LogP contribution >= 0.6 is 12.6 Å². The van der Waals surface area contributed by atoms with E-state index in [1.807, 2.05) is 0 Å². The first kappa shape index (κ1) is 9.85. The molecule has 1 rings (SSSR count). The average Bonchev–Trinajstić information content (AvgIpc) is 2.15. The number of aromatic hydroxyl groups is 1. The maximum atomic E-state index is 11.0. The van der Waals surface area contributed by atoms with Crippen molar-refractivity contribution in [1.29, 1.82) is 0 Å². The number of hydrogen-bond donors (Lipinski definition) is 2. The molecule has 0 radical (unpaired) electrons. The van der Waals surface area contributed by atoms with Crippen molar-refractivity contribution in [2.45, 2.75) is 5.75 Å². The first-order valence-electron chi connectivity index (χ1n) is 3.62. The Labute approximate surface area is 81.1 Å². The quantitative estimate of drug-likeness (QED) is 0.577. The van der Waals surface area contributed by atoms with Gasteiger partial charge in [-0.3, -0.25) is 0 Å². The van der Waals surface area contributed by atoms with E-state index in [1.54, 1.807) is 12.1 Å². The molecule has 0 saturated heterocycles. The van der Waals surface area contributed by atoms with Gasteiger partial charge in [0, 0.05) is 11.8 Å². The molecule has 1 aromatic rings. The van der Waals surface area contributed by atoms with Crippen LogP contribution in [0.5, 0.6) is 5.75 Å². The minimum atomic E-state index is 0.0273. The molecule has 1 aromatic carbocycles. The summed E-state index contributed by atoms with van der Waals surface area (Å²) >= 11 is 4.03. The molecule has 0 aliphatic rings. The zero-order chi connectivity index (χ0) is 9.84. The van der Waals surface area contributed by atoms with E-state index in [4.69, 9.17) is 0 Å². The number of nitrogens with zero attached hydrogens (tertiary/aromatic N) is 1. The van der Waals surface area contributed by atoms with Gasteiger partial charge in [-0.05, 0) is 11.6 Å². The summed E-state index contributed by atoms with van der Waals surface area (Å²) in [5, 5.41) is 9.21. The molecular weight excluding hydrogens is 190 g/mol. The molecule has 0 amide bonds. The lowest BCUT2D eigenvalue weighted by molar-refractivity contribution is -0.736. The van der Waals surface area contributed by atoms with Crippen molar-refractivity contribution in [3.05, 3.63) is 28.7 Å². The van der Waals surface area contributed by atoms with Crippen molar-refractivity contribution in [3.63, 3.8) is 0 Å². The van der Waals surface area contributed by atoms with Crippen LogP contribution in [-0.4, -0.2) is 17.1 Å². The van der Waals surface area contributed by atoms with Gasteiger partial charge in [0.15, 0.2) is 7.11 Å². The topological polar surface area (TPSA) is 49.5 Å². The van der Waals surface area contributed by atoms with E-state index in [0.717, 1.165) is 5.56 Å². The maximum absolute atomic E-state index is 11.0. The molecule has 0 aliphatic heterocycles. The highest BCUT2D eigenvalue weighted by Gasteiger charge is 2.15. The molecule has 0 unspecified atom stereocenters. The zero-order valence-corrected chi connectivity index (χ0v) is 7.99. The lowest BCUT2D eigenvalue weighted by atomic mass is 10.2. The van der Waals surface area contributed by atoms with E-state index < -0.39 is 0 Å². The predicted octanol–water partition coefficient (Wildman–Crippen LogP) is 1.79. The van der Waals surface area contributed by atoms with Crippen molar-refractivity contribution in [1.82, 2.24) is 0 Å². The van der Waals surface area contributed by atoms with Gasteiger partial charge in [0.05, 0.1) is 11.0 Å². The number of hydrogen-bond acceptors (Lipinski definition) is 4. The zero-order valence-electron chi connectivity index (χ0n) is 7.10. The molecule has 0 bridgehead atoms. The molecule has 0 saturated carbocycles. The van der Waals surface area contributed by atoms with Gasteiger partial charge >= 0.3 is 5.69 Å². The van der Waals surface area contributed by atoms with Gasteiger partial charge in [-0.15, -0.1) is 0 Å². The van der Waals surface area contributed by atoms with E-state index in [1.165, 1.54) is 13.2 Å². The molecule has 0 aromatic heterocycles. The van der Waals surface area contributed by atoms with Crippen LogP contribution in [0.15, 0.2) is 18.2 Å². The summed E-state index contributed by atoms with van der Waals surface area (Å²) in [6.07, 6.45) is 0. The first-order valence-corrected chi connectivity index (χ1v) is 4.25. The van der Waals surface area contributed by atoms with E-state index >= 15 is 0 Å². The van der Waals surface area contributed by atoms with Gasteiger partial charge in [0.1, 0.15) is 5.75 Å². The van der Waals surface area contributed by atoms with Gasteiger partial charge < -0.3 is 5.11 Å². The second-order valence-corrected chi connectivity index (χ2v) is 2.77. The highest BCUT2D eigenvalue weighted by Crippen LogP contribution is 2.22. The molecule has 13 heavy (non-hydrogen) atoms. The fourth-order valence-corrected chi connectivity index (χ4v) is 1.14. The van der Waals surface area contributed by atoms with E-state index in [2.05, 4.69) is 17.5 Å². The SMILES string of the molecule is CO[N+](=O)c1cc(O)cc(CS)c1. The highest BCUT2D eigenvalue weighted by molar-refractivity contribution is 7.79. The number of phenols is 1.